The molecule has 4 aromatic rings. The van der Waals surface area contributed by atoms with Gasteiger partial charge in [-0.1, -0.05) is 11.6 Å². The van der Waals surface area contributed by atoms with Crippen molar-refractivity contribution in [1.82, 2.24) is 30.0 Å². The van der Waals surface area contributed by atoms with Gasteiger partial charge in [-0.3, -0.25) is 4.68 Å². The number of hydrogen-bond acceptors (Lipinski definition) is 6. The summed E-state index contributed by atoms with van der Waals surface area (Å²) >= 11 is 6.12. The second-order valence-electron chi connectivity index (χ2n) is 7.88. The molecule has 1 aliphatic rings. The number of ether oxygens (including phenoxy) is 1. The fourth-order valence-electron chi connectivity index (χ4n) is 4.04. The molecule has 0 spiro atoms. The van der Waals surface area contributed by atoms with Crippen molar-refractivity contribution in [3.05, 3.63) is 35.6 Å². The highest BCUT2D eigenvalue weighted by atomic mass is 35.5. The number of nitrogens with one attached hydrogen (secondary N) is 2. The van der Waals surface area contributed by atoms with Crippen LogP contribution in [-0.4, -0.2) is 42.9 Å². The van der Waals surface area contributed by atoms with Crippen LogP contribution >= 0.6 is 11.6 Å². The molecule has 0 saturated heterocycles. The molecule has 1 fully saturated rings. The van der Waals surface area contributed by atoms with Gasteiger partial charge in [0.05, 0.1) is 11.7 Å². The van der Waals surface area contributed by atoms with Gasteiger partial charge in [0.25, 0.3) is 0 Å². The predicted octanol–water partition coefficient (Wildman–Crippen LogP) is 3.52. The van der Waals surface area contributed by atoms with Gasteiger partial charge in [-0.2, -0.15) is 5.10 Å². The fourth-order valence-corrected chi connectivity index (χ4v) is 4.21. The van der Waals surface area contributed by atoms with E-state index in [0.29, 0.717) is 33.3 Å². The van der Waals surface area contributed by atoms with Gasteiger partial charge in [0, 0.05) is 35.7 Å². The zero-order chi connectivity index (χ0) is 21.5. The first kappa shape index (κ1) is 19.8. The lowest BCUT2D eigenvalue weighted by molar-refractivity contribution is 0.191. The summed E-state index contributed by atoms with van der Waals surface area (Å²) in [6.45, 7) is 0. The second-order valence-corrected chi connectivity index (χ2v) is 8.32. The second kappa shape index (κ2) is 7.82. The lowest BCUT2D eigenvalue weighted by Gasteiger charge is -2.26. The van der Waals surface area contributed by atoms with Crippen LogP contribution in [0.2, 0.25) is 5.02 Å². The Kier molecular flexibility index (Phi) is 4.99. The van der Waals surface area contributed by atoms with Gasteiger partial charge in [-0.05, 0) is 43.9 Å². The largest absolute Gasteiger partial charge is 0.412 e. The van der Waals surface area contributed by atoms with E-state index in [0.717, 1.165) is 36.6 Å². The van der Waals surface area contributed by atoms with Crippen molar-refractivity contribution in [1.29, 1.82) is 0 Å². The molecular formula is C21H22ClN7O2. The van der Waals surface area contributed by atoms with Crippen LogP contribution in [0.1, 0.15) is 25.7 Å². The molecule has 0 bridgehead atoms. The molecule has 3 heterocycles. The van der Waals surface area contributed by atoms with Gasteiger partial charge in [-0.15, -0.1) is 0 Å². The Morgan fingerprint density at radius 3 is 2.94 bits per heavy atom. The molecular weight excluding hydrogens is 418 g/mol. The molecule has 0 aliphatic heterocycles. The summed E-state index contributed by atoms with van der Waals surface area (Å²) in [5.74, 6) is 0.317. The number of carbonyl (C=O) groups excluding carboxylic acids is 1. The van der Waals surface area contributed by atoms with E-state index in [1.807, 2.05) is 25.2 Å². The molecule has 9 nitrogen and oxygen atoms in total. The average Bonchev–Trinajstić information content (AvgIpc) is 3.30. The molecule has 1 amide bonds. The third-order valence-electron chi connectivity index (χ3n) is 5.70. The van der Waals surface area contributed by atoms with Crippen LogP contribution in [0.3, 0.4) is 0 Å². The molecule has 0 radical (unpaired) electrons. The average molecular weight is 440 g/mol. The molecule has 5 rings (SSSR count). The SMILES string of the molecule is Cn1nc(-c2cnc3[nH]cc(OC(=O)NC4CCC(N)CC4)c3n2)c2ccc(Cl)cc21. The minimum atomic E-state index is -0.508. The smallest absolute Gasteiger partial charge is 0.406 e. The molecule has 160 valence electrons. The number of amides is 1. The molecule has 1 aromatic carbocycles. The van der Waals surface area contributed by atoms with Crippen LogP contribution < -0.4 is 15.8 Å². The number of halogens is 1. The highest BCUT2D eigenvalue weighted by Gasteiger charge is 2.22. The quantitative estimate of drug-likeness (QED) is 0.448. The molecule has 31 heavy (non-hydrogen) atoms. The van der Waals surface area contributed by atoms with Gasteiger partial charge in [0.15, 0.2) is 16.9 Å². The van der Waals surface area contributed by atoms with Crippen molar-refractivity contribution in [2.24, 2.45) is 12.8 Å². The number of H-pyrrole nitrogens is 1. The van der Waals surface area contributed by atoms with E-state index < -0.39 is 6.09 Å². The van der Waals surface area contributed by atoms with Crippen LogP contribution in [0.4, 0.5) is 4.79 Å². The molecule has 1 aliphatic carbocycles. The van der Waals surface area contributed by atoms with E-state index in [4.69, 9.17) is 22.1 Å². The third-order valence-corrected chi connectivity index (χ3v) is 5.93. The van der Waals surface area contributed by atoms with Crippen molar-refractivity contribution < 1.29 is 9.53 Å². The summed E-state index contributed by atoms with van der Waals surface area (Å²) in [4.78, 5) is 24.5. The number of rotatable bonds is 3. The molecule has 10 heteroatoms. The first-order chi connectivity index (χ1) is 15.0. The van der Waals surface area contributed by atoms with Gasteiger partial charge >= 0.3 is 6.09 Å². The van der Waals surface area contributed by atoms with Crippen molar-refractivity contribution >= 4 is 39.8 Å². The maximum absolute atomic E-state index is 12.4. The van der Waals surface area contributed by atoms with E-state index in [1.165, 1.54) is 0 Å². The number of aromatic amines is 1. The number of hydrogen-bond donors (Lipinski definition) is 3. The first-order valence-electron chi connectivity index (χ1n) is 10.2. The topological polar surface area (TPSA) is 124 Å². The van der Waals surface area contributed by atoms with E-state index in [1.54, 1.807) is 17.1 Å². The Balaban J connectivity index is 1.42. The Morgan fingerprint density at radius 2 is 2.13 bits per heavy atom. The van der Waals surface area contributed by atoms with E-state index in [9.17, 15) is 4.79 Å². The maximum atomic E-state index is 12.4. The molecule has 4 N–H and O–H groups in total. The Bertz CT molecular complexity index is 1270. The van der Waals surface area contributed by atoms with Crippen molar-refractivity contribution in [2.75, 3.05) is 0 Å². The monoisotopic (exact) mass is 439 g/mol. The molecule has 0 unspecified atom stereocenters. The van der Waals surface area contributed by atoms with Crippen LogP contribution in [0, 0.1) is 0 Å². The molecule has 0 atom stereocenters. The minimum absolute atomic E-state index is 0.0749. The van der Waals surface area contributed by atoms with Gasteiger partial charge in [0.1, 0.15) is 11.4 Å². The van der Waals surface area contributed by atoms with Crippen LogP contribution in [0.5, 0.6) is 5.75 Å². The summed E-state index contributed by atoms with van der Waals surface area (Å²) in [5, 5.41) is 9.04. The van der Waals surface area contributed by atoms with E-state index >= 15 is 0 Å². The van der Waals surface area contributed by atoms with Gasteiger partial charge in [0.2, 0.25) is 0 Å². The number of nitrogens with two attached hydrogens (primary N) is 1. The highest BCUT2D eigenvalue weighted by molar-refractivity contribution is 6.31. The van der Waals surface area contributed by atoms with E-state index in [2.05, 4.69) is 25.4 Å². The lowest BCUT2D eigenvalue weighted by atomic mass is 9.92. The van der Waals surface area contributed by atoms with Gasteiger partial charge in [-0.25, -0.2) is 14.8 Å². The van der Waals surface area contributed by atoms with Crippen molar-refractivity contribution in [3.8, 4) is 17.1 Å². The van der Waals surface area contributed by atoms with Crippen LogP contribution in [0.15, 0.2) is 30.6 Å². The Hall–Kier alpha value is -3.17. The minimum Gasteiger partial charge on any atom is -0.406 e. The highest BCUT2D eigenvalue weighted by Crippen LogP contribution is 2.30. The van der Waals surface area contributed by atoms with E-state index in [-0.39, 0.29) is 12.1 Å². The number of fused-ring (bicyclic) bond motifs is 2. The number of carbonyl (C=O) groups is 1. The summed E-state index contributed by atoms with van der Waals surface area (Å²) in [7, 11) is 1.85. The summed E-state index contributed by atoms with van der Waals surface area (Å²) in [5.41, 5.74) is 9.06. The third kappa shape index (κ3) is 3.82. The van der Waals surface area contributed by atoms with Crippen molar-refractivity contribution in [3.63, 3.8) is 0 Å². The van der Waals surface area contributed by atoms with Gasteiger partial charge < -0.3 is 20.8 Å². The van der Waals surface area contributed by atoms with Crippen LogP contribution in [-0.2, 0) is 7.05 Å². The molecule has 1 saturated carbocycles. The summed E-state index contributed by atoms with van der Waals surface area (Å²) in [6.07, 6.45) is 6.22. The Morgan fingerprint density at radius 1 is 1.32 bits per heavy atom. The maximum Gasteiger partial charge on any atom is 0.412 e. The summed E-state index contributed by atoms with van der Waals surface area (Å²) < 4.78 is 7.29. The number of aromatic nitrogens is 5. The zero-order valence-corrected chi connectivity index (χ0v) is 17.7. The molecule has 3 aromatic heterocycles. The summed E-state index contributed by atoms with van der Waals surface area (Å²) in [6, 6.07) is 5.87. The zero-order valence-electron chi connectivity index (χ0n) is 16.9. The standard InChI is InChI=1S/C21H22ClN7O2/c1-29-16-8-11(22)2-7-14(16)18(28-29)15-9-24-20-19(27-15)17(10-25-20)31-21(30)26-13-5-3-12(23)4-6-13/h2,7-10,12-13H,3-6,23H2,1H3,(H,24,25)(H,26,30). The lowest BCUT2D eigenvalue weighted by Crippen LogP contribution is -2.41. The fraction of sp³-hybridized carbons (Fsp3) is 0.333. The first-order valence-corrected chi connectivity index (χ1v) is 10.6. The van der Waals surface area contributed by atoms with Crippen LogP contribution in [0.25, 0.3) is 33.5 Å². The normalized spacial score (nSPS) is 19.1. The predicted molar refractivity (Wildman–Crippen MR) is 118 cm³/mol. The number of nitrogens with zero attached hydrogens (tertiary/aromatic N) is 4. The number of aryl methyl sites for hydroxylation is 1. The number of benzene rings is 1. The van der Waals surface area contributed by atoms with Crippen molar-refractivity contribution in [2.45, 2.75) is 37.8 Å². The Labute approximate surface area is 182 Å².